The van der Waals surface area contributed by atoms with E-state index in [1.54, 1.807) is 10.6 Å². The van der Waals surface area contributed by atoms with Crippen molar-refractivity contribution in [3.05, 3.63) is 71.2 Å². The van der Waals surface area contributed by atoms with Crippen LogP contribution in [0.3, 0.4) is 0 Å². The van der Waals surface area contributed by atoms with Crippen LogP contribution in [0.15, 0.2) is 48.7 Å². The number of carboxylic acids is 1. The SMILES string of the molecule is Cc1ccc(CCc2nc3ccccn3c2C(=O)O)cc1. The number of fused-ring (bicyclic) bond motifs is 1. The summed E-state index contributed by atoms with van der Waals surface area (Å²) in [6, 6.07) is 13.8. The van der Waals surface area contributed by atoms with Crippen LogP contribution in [0.4, 0.5) is 0 Å². The molecule has 0 aliphatic rings. The molecule has 0 saturated heterocycles. The zero-order chi connectivity index (χ0) is 14.8. The van der Waals surface area contributed by atoms with Gasteiger partial charge in [-0.2, -0.15) is 0 Å². The predicted molar refractivity (Wildman–Crippen MR) is 80.7 cm³/mol. The lowest BCUT2D eigenvalue weighted by atomic mass is 10.1. The number of aryl methyl sites for hydroxylation is 3. The van der Waals surface area contributed by atoms with Gasteiger partial charge in [-0.1, -0.05) is 35.9 Å². The van der Waals surface area contributed by atoms with E-state index in [-0.39, 0.29) is 5.69 Å². The van der Waals surface area contributed by atoms with E-state index in [1.165, 1.54) is 11.1 Å². The number of hydrogen-bond donors (Lipinski definition) is 1. The Hall–Kier alpha value is -2.62. The van der Waals surface area contributed by atoms with Gasteiger partial charge in [-0.25, -0.2) is 9.78 Å². The summed E-state index contributed by atoms with van der Waals surface area (Å²) >= 11 is 0. The highest BCUT2D eigenvalue weighted by molar-refractivity contribution is 5.88. The Morgan fingerprint density at radius 2 is 1.90 bits per heavy atom. The van der Waals surface area contributed by atoms with Crippen molar-refractivity contribution in [1.82, 2.24) is 9.38 Å². The first-order chi connectivity index (χ1) is 10.1. The molecule has 106 valence electrons. The molecule has 2 heterocycles. The molecule has 0 aliphatic carbocycles. The molecule has 3 aromatic rings. The van der Waals surface area contributed by atoms with Crippen LogP contribution in [-0.2, 0) is 12.8 Å². The van der Waals surface area contributed by atoms with Gasteiger partial charge in [-0.15, -0.1) is 0 Å². The molecule has 0 unspecified atom stereocenters. The topological polar surface area (TPSA) is 54.6 Å². The summed E-state index contributed by atoms with van der Waals surface area (Å²) in [6.45, 7) is 2.05. The highest BCUT2D eigenvalue weighted by Crippen LogP contribution is 2.15. The molecule has 2 aromatic heterocycles. The van der Waals surface area contributed by atoms with Crippen LogP contribution < -0.4 is 0 Å². The molecule has 4 nitrogen and oxygen atoms in total. The summed E-state index contributed by atoms with van der Waals surface area (Å²) in [5.74, 6) is -0.937. The summed E-state index contributed by atoms with van der Waals surface area (Å²) < 4.78 is 1.63. The molecule has 1 N–H and O–H groups in total. The maximum absolute atomic E-state index is 11.5. The quantitative estimate of drug-likeness (QED) is 0.799. The Labute approximate surface area is 122 Å². The average Bonchev–Trinajstić information content (AvgIpc) is 2.85. The number of carboxylic acid groups (broad SMARTS) is 1. The fourth-order valence-corrected chi connectivity index (χ4v) is 2.46. The Bertz CT molecular complexity index is 788. The molecule has 0 aliphatic heterocycles. The van der Waals surface area contributed by atoms with Crippen molar-refractivity contribution >= 4 is 11.6 Å². The molecule has 0 spiro atoms. The second-order valence-corrected chi connectivity index (χ2v) is 5.13. The smallest absolute Gasteiger partial charge is 0.354 e. The number of hydrogen-bond acceptors (Lipinski definition) is 2. The van der Waals surface area contributed by atoms with Gasteiger partial charge in [0.25, 0.3) is 0 Å². The maximum Gasteiger partial charge on any atom is 0.354 e. The minimum Gasteiger partial charge on any atom is -0.477 e. The maximum atomic E-state index is 11.5. The van der Waals surface area contributed by atoms with Gasteiger partial charge in [0, 0.05) is 6.20 Å². The molecule has 3 rings (SSSR count). The lowest BCUT2D eigenvalue weighted by Gasteiger charge is -2.02. The van der Waals surface area contributed by atoms with Gasteiger partial charge >= 0.3 is 5.97 Å². The van der Waals surface area contributed by atoms with Crippen molar-refractivity contribution in [2.75, 3.05) is 0 Å². The van der Waals surface area contributed by atoms with E-state index < -0.39 is 5.97 Å². The zero-order valence-corrected chi connectivity index (χ0v) is 11.8. The number of carbonyl (C=O) groups is 1. The number of pyridine rings is 1. The van der Waals surface area contributed by atoms with Gasteiger partial charge in [-0.05, 0) is 37.5 Å². The predicted octanol–water partition coefficient (Wildman–Crippen LogP) is 3.13. The van der Waals surface area contributed by atoms with Crippen molar-refractivity contribution in [3.63, 3.8) is 0 Å². The molecule has 0 saturated carbocycles. The Balaban J connectivity index is 1.91. The largest absolute Gasteiger partial charge is 0.477 e. The summed E-state index contributed by atoms with van der Waals surface area (Å²) in [4.78, 5) is 15.9. The van der Waals surface area contributed by atoms with Gasteiger partial charge in [-0.3, -0.25) is 4.40 Å². The van der Waals surface area contributed by atoms with Gasteiger partial charge in [0.1, 0.15) is 5.65 Å². The van der Waals surface area contributed by atoms with E-state index in [9.17, 15) is 9.90 Å². The molecule has 0 amide bonds. The fraction of sp³-hybridized carbons (Fsp3) is 0.176. The third kappa shape index (κ3) is 2.65. The second-order valence-electron chi connectivity index (χ2n) is 5.13. The molecule has 1 aromatic carbocycles. The lowest BCUT2D eigenvalue weighted by Crippen LogP contribution is -2.06. The fourth-order valence-electron chi connectivity index (χ4n) is 2.46. The van der Waals surface area contributed by atoms with E-state index in [2.05, 4.69) is 36.2 Å². The van der Waals surface area contributed by atoms with Gasteiger partial charge in [0.05, 0.1) is 5.69 Å². The third-order valence-electron chi connectivity index (χ3n) is 3.58. The van der Waals surface area contributed by atoms with Crippen LogP contribution in [0, 0.1) is 6.92 Å². The summed E-state index contributed by atoms with van der Waals surface area (Å²) in [5, 5.41) is 9.43. The molecule has 21 heavy (non-hydrogen) atoms. The summed E-state index contributed by atoms with van der Waals surface area (Å²) in [6.07, 6.45) is 3.14. The summed E-state index contributed by atoms with van der Waals surface area (Å²) in [5.41, 5.74) is 3.98. The molecule has 0 fully saturated rings. The first-order valence-corrected chi connectivity index (χ1v) is 6.90. The van der Waals surface area contributed by atoms with Crippen LogP contribution in [-0.4, -0.2) is 20.5 Å². The summed E-state index contributed by atoms with van der Waals surface area (Å²) in [7, 11) is 0. The van der Waals surface area contributed by atoms with Crippen LogP contribution >= 0.6 is 0 Å². The average molecular weight is 280 g/mol. The van der Waals surface area contributed by atoms with E-state index in [0.29, 0.717) is 17.8 Å². The molecule has 0 atom stereocenters. The lowest BCUT2D eigenvalue weighted by molar-refractivity contribution is 0.0688. The zero-order valence-electron chi connectivity index (χ0n) is 11.8. The van der Waals surface area contributed by atoms with Crippen molar-refractivity contribution in [3.8, 4) is 0 Å². The minimum atomic E-state index is -0.937. The monoisotopic (exact) mass is 280 g/mol. The molecule has 0 radical (unpaired) electrons. The van der Waals surface area contributed by atoms with Crippen LogP contribution in [0.2, 0.25) is 0 Å². The number of rotatable bonds is 4. The molecule has 4 heteroatoms. The second kappa shape index (κ2) is 5.40. The highest BCUT2D eigenvalue weighted by atomic mass is 16.4. The van der Waals surface area contributed by atoms with Crippen molar-refractivity contribution in [2.45, 2.75) is 19.8 Å². The van der Waals surface area contributed by atoms with Crippen molar-refractivity contribution in [2.24, 2.45) is 0 Å². The highest BCUT2D eigenvalue weighted by Gasteiger charge is 2.17. The van der Waals surface area contributed by atoms with Gasteiger partial charge in [0.2, 0.25) is 0 Å². The first kappa shape index (κ1) is 13.4. The van der Waals surface area contributed by atoms with E-state index >= 15 is 0 Å². The Kier molecular flexibility index (Phi) is 3.44. The molecular formula is C17H16N2O2. The third-order valence-corrected chi connectivity index (χ3v) is 3.58. The van der Waals surface area contributed by atoms with Crippen molar-refractivity contribution < 1.29 is 9.90 Å². The normalized spacial score (nSPS) is 10.9. The van der Waals surface area contributed by atoms with E-state index in [1.807, 2.05) is 18.2 Å². The number of imidazole rings is 1. The van der Waals surface area contributed by atoms with E-state index in [4.69, 9.17) is 0 Å². The molecule has 0 bridgehead atoms. The Morgan fingerprint density at radius 3 is 2.62 bits per heavy atom. The molecular weight excluding hydrogens is 264 g/mol. The van der Waals surface area contributed by atoms with E-state index in [0.717, 1.165) is 6.42 Å². The van der Waals surface area contributed by atoms with Crippen LogP contribution in [0.1, 0.15) is 27.3 Å². The van der Waals surface area contributed by atoms with Crippen LogP contribution in [0.5, 0.6) is 0 Å². The minimum absolute atomic E-state index is 0.262. The van der Waals surface area contributed by atoms with Gasteiger partial charge < -0.3 is 5.11 Å². The standard InChI is InChI=1S/C17H16N2O2/c1-12-5-7-13(8-6-12)9-10-14-16(17(20)21)19-11-3-2-4-15(19)18-14/h2-8,11H,9-10H2,1H3,(H,20,21). The number of nitrogens with zero attached hydrogens (tertiary/aromatic N) is 2. The van der Waals surface area contributed by atoms with Gasteiger partial charge in [0.15, 0.2) is 5.69 Å². The number of aromatic nitrogens is 2. The number of benzene rings is 1. The number of aromatic carboxylic acids is 1. The Morgan fingerprint density at radius 1 is 1.14 bits per heavy atom. The van der Waals surface area contributed by atoms with Crippen molar-refractivity contribution in [1.29, 1.82) is 0 Å². The first-order valence-electron chi connectivity index (χ1n) is 6.90. The van der Waals surface area contributed by atoms with Crippen LogP contribution in [0.25, 0.3) is 5.65 Å².